The first kappa shape index (κ1) is 19.8. The summed E-state index contributed by atoms with van der Waals surface area (Å²) in [5.74, 6) is 0.0832. The molecule has 6 heteroatoms. The fourth-order valence-corrected chi connectivity index (χ4v) is 4.69. The molecule has 0 bridgehead atoms. The number of fused-ring (bicyclic) bond motifs is 1. The van der Waals surface area contributed by atoms with Gasteiger partial charge in [0.1, 0.15) is 5.75 Å². The van der Waals surface area contributed by atoms with Crippen molar-refractivity contribution in [2.24, 2.45) is 0 Å². The molecule has 1 aliphatic rings. The van der Waals surface area contributed by atoms with Gasteiger partial charge in [0.2, 0.25) is 0 Å². The molecule has 2 heterocycles. The summed E-state index contributed by atoms with van der Waals surface area (Å²) >= 11 is 6.26. The smallest absolute Gasteiger partial charge is 0.339 e. The largest absolute Gasteiger partial charge is 0.493 e. The lowest BCUT2D eigenvalue weighted by Crippen LogP contribution is -2.16. The Bertz CT molecular complexity index is 1350. The van der Waals surface area contributed by atoms with Crippen LogP contribution >= 0.6 is 11.6 Å². The second-order valence-corrected chi connectivity index (χ2v) is 8.11. The summed E-state index contributed by atoms with van der Waals surface area (Å²) in [6.45, 7) is 2.50. The Hall–Kier alpha value is -3.15. The second-order valence-electron chi connectivity index (χ2n) is 7.68. The van der Waals surface area contributed by atoms with Gasteiger partial charge >= 0.3 is 5.97 Å². The molecule has 5 rings (SSSR count). The van der Waals surface area contributed by atoms with Crippen LogP contribution in [-0.2, 0) is 16.0 Å². The third kappa shape index (κ3) is 3.12. The van der Waals surface area contributed by atoms with Crippen molar-refractivity contribution in [3.63, 3.8) is 0 Å². The highest BCUT2D eigenvalue weighted by Crippen LogP contribution is 2.44. The van der Waals surface area contributed by atoms with Gasteiger partial charge in [-0.05, 0) is 64.7 Å². The lowest BCUT2D eigenvalue weighted by atomic mass is 9.86. The number of carbonyl (C=O) groups excluding carboxylic acids is 1. The van der Waals surface area contributed by atoms with Crippen LogP contribution in [0.1, 0.15) is 22.8 Å². The highest BCUT2D eigenvalue weighted by Gasteiger charge is 2.28. The van der Waals surface area contributed by atoms with Gasteiger partial charge in [-0.3, -0.25) is 4.98 Å². The van der Waals surface area contributed by atoms with Crippen LogP contribution in [0.25, 0.3) is 32.8 Å². The fraction of sp³-hybridized carbons (Fsp3) is 0.200. The third-order valence-corrected chi connectivity index (χ3v) is 6.12. The van der Waals surface area contributed by atoms with Crippen molar-refractivity contribution in [1.82, 2.24) is 4.98 Å². The van der Waals surface area contributed by atoms with E-state index in [1.165, 1.54) is 12.7 Å². The molecular weight excluding hydrogens is 414 g/mol. The maximum Gasteiger partial charge on any atom is 0.339 e. The predicted molar refractivity (Wildman–Crippen MR) is 121 cm³/mol. The van der Waals surface area contributed by atoms with Crippen molar-refractivity contribution < 1.29 is 19.4 Å². The van der Waals surface area contributed by atoms with Gasteiger partial charge in [0.15, 0.2) is 6.10 Å². The average Bonchev–Trinajstić information content (AvgIpc) is 2.78. The molecule has 156 valence electrons. The number of nitrogens with zero attached hydrogens (tertiary/aromatic N) is 1. The molecule has 5 nitrogen and oxygen atoms in total. The summed E-state index contributed by atoms with van der Waals surface area (Å²) in [6.07, 6.45) is 1.17. The first-order chi connectivity index (χ1) is 15.0. The van der Waals surface area contributed by atoms with Gasteiger partial charge in [-0.25, -0.2) is 4.79 Å². The monoisotopic (exact) mass is 433 g/mol. The van der Waals surface area contributed by atoms with Gasteiger partial charge in [-0.1, -0.05) is 23.7 Å². The number of rotatable bonds is 3. The van der Waals surface area contributed by atoms with Crippen LogP contribution in [0.15, 0.2) is 48.7 Å². The van der Waals surface area contributed by atoms with E-state index in [9.17, 15) is 9.90 Å². The van der Waals surface area contributed by atoms with E-state index < -0.39 is 12.1 Å². The minimum Gasteiger partial charge on any atom is -0.493 e. The van der Waals surface area contributed by atoms with E-state index in [2.05, 4.69) is 4.98 Å². The molecule has 1 atom stereocenters. The Morgan fingerprint density at radius 1 is 1.23 bits per heavy atom. The number of aryl methyl sites for hydroxylation is 1. The number of aliphatic hydroxyl groups excluding tert-OH is 1. The zero-order valence-electron chi connectivity index (χ0n) is 17.1. The van der Waals surface area contributed by atoms with Crippen LogP contribution in [0.3, 0.4) is 0 Å². The first-order valence-corrected chi connectivity index (χ1v) is 10.4. The molecule has 0 fully saturated rings. The van der Waals surface area contributed by atoms with Crippen LogP contribution in [0.5, 0.6) is 5.75 Å². The van der Waals surface area contributed by atoms with Crippen molar-refractivity contribution >= 4 is 39.2 Å². The SMILES string of the molecule is COC(=O)C(O)c1c(C)cc2cc(Cl)ccc2c1-c1ccc2c3c(ccnc13)CCO2. The number of carbonyl (C=O) groups is 1. The minimum atomic E-state index is -1.43. The van der Waals surface area contributed by atoms with Crippen LogP contribution in [-0.4, -0.2) is 29.8 Å². The normalized spacial score (nSPS) is 13.8. The molecule has 1 aromatic heterocycles. The molecule has 4 aromatic rings. The van der Waals surface area contributed by atoms with Crippen LogP contribution in [0.4, 0.5) is 0 Å². The molecule has 31 heavy (non-hydrogen) atoms. The number of methoxy groups -OCH3 is 1. The molecule has 0 aliphatic carbocycles. The number of halogens is 1. The summed E-state index contributed by atoms with van der Waals surface area (Å²) in [6, 6.07) is 13.4. The molecule has 1 aliphatic heterocycles. The van der Waals surface area contributed by atoms with E-state index in [0.29, 0.717) is 17.2 Å². The summed E-state index contributed by atoms with van der Waals surface area (Å²) in [7, 11) is 1.27. The summed E-state index contributed by atoms with van der Waals surface area (Å²) in [5, 5.41) is 14.3. The van der Waals surface area contributed by atoms with E-state index in [1.807, 2.05) is 43.3 Å². The number of esters is 1. The molecular formula is C25H20ClNO4. The quantitative estimate of drug-likeness (QED) is 0.452. The summed E-state index contributed by atoms with van der Waals surface area (Å²) < 4.78 is 10.7. The number of aromatic nitrogens is 1. The van der Waals surface area contributed by atoms with Crippen molar-refractivity contribution in [2.45, 2.75) is 19.4 Å². The van der Waals surface area contributed by atoms with E-state index in [4.69, 9.17) is 21.1 Å². The molecule has 0 saturated heterocycles. The third-order valence-electron chi connectivity index (χ3n) is 5.89. The average molecular weight is 434 g/mol. The van der Waals surface area contributed by atoms with Crippen LogP contribution in [0.2, 0.25) is 5.02 Å². The van der Waals surface area contributed by atoms with Gasteiger partial charge in [0.25, 0.3) is 0 Å². The van der Waals surface area contributed by atoms with Gasteiger partial charge < -0.3 is 14.6 Å². The molecule has 1 N–H and O–H groups in total. The maximum absolute atomic E-state index is 12.3. The highest BCUT2D eigenvalue weighted by atomic mass is 35.5. The number of benzene rings is 3. The Balaban J connectivity index is 1.93. The molecule has 0 amide bonds. The van der Waals surface area contributed by atoms with Crippen molar-refractivity contribution in [2.75, 3.05) is 13.7 Å². The Labute approximate surface area is 184 Å². The van der Waals surface area contributed by atoms with Crippen LogP contribution in [0, 0.1) is 6.92 Å². The van der Waals surface area contributed by atoms with Crippen molar-refractivity contribution in [3.8, 4) is 16.9 Å². The zero-order chi connectivity index (χ0) is 21.7. The Morgan fingerprint density at radius 3 is 2.87 bits per heavy atom. The lowest BCUT2D eigenvalue weighted by molar-refractivity contribution is -0.150. The summed E-state index contributed by atoms with van der Waals surface area (Å²) in [4.78, 5) is 17.0. The van der Waals surface area contributed by atoms with E-state index in [0.717, 1.165) is 50.5 Å². The van der Waals surface area contributed by atoms with Crippen molar-refractivity contribution in [3.05, 3.63) is 70.4 Å². The molecule has 0 radical (unpaired) electrons. The number of hydrogen-bond acceptors (Lipinski definition) is 5. The minimum absolute atomic E-state index is 0.501. The van der Waals surface area contributed by atoms with Gasteiger partial charge in [0, 0.05) is 34.2 Å². The predicted octanol–water partition coefficient (Wildman–Crippen LogP) is 5.16. The van der Waals surface area contributed by atoms with Crippen molar-refractivity contribution in [1.29, 1.82) is 0 Å². The van der Waals surface area contributed by atoms with E-state index in [-0.39, 0.29) is 0 Å². The van der Waals surface area contributed by atoms with Gasteiger partial charge in [0.05, 0.1) is 19.2 Å². The lowest BCUT2D eigenvalue weighted by Gasteiger charge is -2.23. The standard InChI is InChI=1S/C25H20ClNO4/c1-13-11-15-12-16(26)3-4-17(15)22(20(13)24(28)25(29)30-2)18-5-6-19-21-14(8-10-31-19)7-9-27-23(18)21/h3-7,9,11-12,24,28H,8,10H2,1-2H3. The number of hydrogen-bond donors (Lipinski definition) is 1. The van der Waals surface area contributed by atoms with Gasteiger partial charge in [-0.15, -0.1) is 0 Å². The number of aliphatic hydroxyl groups is 1. The first-order valence-electron chi connectivity index (χ1n) is 10.0. The molecule has 0 saturated carbocycles. The Kier molecular flexibility index (Phi) is 4.80. The topological polar surface area (TPSA) is 68.7 Å². The van der Waals surface area contributed by atoms with E-state index in [1.54, 1.807) is 12.3 Å². The molecule has 0 spiro atoms. The summed E-state index contributed by atoms with van der Waals surface area (Å²) in [5.41, 5.74) is 4.77. The fourth-order valence-electron chi connectivity index (χ4n) is 4.51. The molecule has 1 unspecified atom stereocenters. The highest BCUT2D eigenvalue weighted by molar-refractivity contribution is 6.31. The number of pyridine rings is 1. The second kappa shape index (κ2) is 7.52. The Morgan fingerprint density at radius 2 is 2.06 bits per heavy atom. The van der Waals surface area contributed by atoms with E-state index >= 15 is 0 Å². The zero-order valence-corrected chi connectivity index (χ0v) is 17.9. The van der Waals surface area contributed by atoms with Crippen LogP contribution < -0.4 is 4.74 Å². The molecule has 3 aromatic carbocycles. The number of ether oxygens (including phenoxy) is 2. The van der Waals surface area contributed by atoms with Gasteiger partial charge in [-0.2, -0.15) is 0 Å². The maximum atomic E-state index is 12.3.